The summed E-state index contributed by atoms with van der Waals surface area (Å²) in [6, 6.07) is 0.514. The fraction of sp³-hybridized carbons (Fsp3) is 0.889. The Labute approximate surface area is 69.6 Å². The first kappa shape index (κ1) is 10.6. The molecule has 0 bridgehead atoms. The number of rotatable bonds is 4. The largest absolute Gasteiger partial charge is 0.298 e. The molecule has 0 saturated carbocycles. The zero-order valence-corrected chi connectivity index (χ0v) is 8.22. The molecule has 0 spiro atoms. The van der Waals surface area contributed by atoms with E-state index in [9.17, 15) is 4.79 Å². The van der Waals surface area contributed by atoms with Gasteiger partial charge in [0.2, 0.25) is 0 Å². The van der Waals surface area contributed by atoms with Crippen molar-refractivity contribution in [2.75, 3.05) is 7.05 Å². The predicted octanol–water partition coefficient (Wildman–Crippen LogP) is 1.69. The number of likely N-dealkylation sites (N-methyl/N-ethyl adjacent to an activating group) is 1. The number of carbonyl (C=O) groups excluding carboxylic acids is 1. The molecule has 0 aliphatic carbocycles. The third kappa shape index (κ3) is 3.02. The molecule has 0 aromatic rings. The molecule has 0 amide bonds. The van der Waals surface area contributed by atoms with Crippen molar-refractivity contribution in [3.63, 3.8) is 0 Å². The molecule has 66 valence electrons. The quantitative estimate of drug-likeness (QED) is 0.619. The van der Waals surface area contributed by atoms with Gasteiger partial charge in [0.1, 0.15) is 5.78 Å². The summed E-state index contributed by atoms with van der Waals surface area (Å²) in [5, 5.41) is 0. The first-order chi connectivity index (χ1) is 5.00. The van der Waals surface area contributed by atoms with E-state index in [1.54, 1.807) is 0 Å². The van der Waals surface area contributed by atoms with Gasteiger partial charge in [0.05, 0.1) is 6.04 Å². The zero-order valence-electron chi connectivity index (χ0n) is 8.22. The van der Waals surface area contributed by atoms with Crippen molar-refractivity contribution >= 4 is 5.78 Å². The SMILES string of the molecule is CCC(=O)[C@H](C)N(C)C(C)C. The molecule has 0 radical (unpaired) electrons. The molecule has 0 fully saturated rings. The first-order valence-electron chi connectivity index (χ1n) is 4.25. The van der Waals surface area contributed by atoms with Crippen LogP contribution in [0.15, 0.2) is 0 Å². The minimum Gasteiger partial charge on any atom is -0.298 e. The Balaban J connectivity index is 4.01. The van der Waals surface area contributed by atoms with E-state index in [2.05, 4.69) is 18.7 Å². The van der Waals surface area contributed by atoms with Crippen LogP contribution in [0.1, 0.15) is 34.1 Å². The van der Waals surface area contributed by atoms with Gasteiger partial charge >= 0.3 is 0 Å². The number of Topliss-reactive ketones (excluding diaryl/α,β-unsaturated/α-hetero) is 1. The highest BCUT2D eigenvalue weighted by atomic mass is 16.1. The van der Waals surface area contributed by atoms with E-state index in [4.69, 9.17) is 0 Å². The van der Waals surface area contributed by atoms with E-state index < -0.39 is 0 Å². The number of nitrogens with zero attached hydrogens (tertiary/aromatic N) is 1. The van der Waals surface area contributed by atoms with Gasteiger partial charge in [-0.3, -0.25) is 9.69 Å². The number of hydrogen-bond acceptors (Lipinski definition) is 2. The first-order valence-corrected chi connectivity index (χ1v) is 4.25. The molecule has 2 nitrogen and oxygen atoms in total. The van der Waals surface area contributed by atoms with Crippen molar-refractivity contribution in [3.05, 3.63) is 0 Å². The summed E-state index contributed by atoms with van der Waals surface area (Å²) in [6.45, 7) is 8.07. The van der Waals surface area contributed by atoms with Crippen LogP contribution in [0.25, 0.3) is 0 Å². The standard InChI is InChI=1S/C9H19NO/c1-6-9(11)8(4)10(5)7(2)3/h7-8H,6H2,1-5H3/t8-/m0/s1. The Kier molecular flexibility index (Phi) is 4.34. The summed E-state index contributed by atoms with van der Waals surface area (Å²) in [5.74, 6) is 0.321. The van der Waals surface area contributed by atoms with Crippen LogP contribution in [0.4, 0.5) is 0 Å². The van der Waals surface area contributed by atoms with Gasteiger partial charge in [-0.1, -0.05) is 6.92 Å². The topological polar surface area (TPSA) is 20.3 Å². The fourth-order valence-electron chi connectivity index (χ4n) is 0.970. The van der Waals surface area contributed by atoms with Crippen LogP contribution >= 0.6 is 0 Å². The molecule has 0 aromatic carbocycles. The van der Waals surface area contributed by atoms with Gasteiger partial charge in [0, 0.05) is 12.5 Å². The maximum absolute atomic E-state index is 11.2. The maximum Gasteiger partial charge on any atom is 0.149 e. The molecule has 2 heteroatoms. The molecule has 1 atom stereocenters. The molecule has 0 saturated heterocycles. The van der Waals surface area contributed by atoms with Crippen LogP contribution < -0.4 is 0 Å². The van der Waals surface area contributed by atoms with Gasteiger partial charge in [0.25, 0.3) is 0 Å². The molecule has 0 aliphatic rings. The summed E-state index contributed by atoms with van der Waals surface area (Å²) >= 11 is 0. The third-order valence-corrected chi connectivity index (χ3v) is 2.24. The van der Waals surface area contributed by atoms with E-state index in [0.717, 1.165) is 0 Å². The molecular formula is C9H19NO. The van der Waals surface area contributed by atoms with Crippen LogP contribution in [0.3, 0.4) is 0 Å². The van der Waals surface area contributed by atoms with Crippen LogP contribution in [-0.4, -0.2) is 29.8 Å². The average Bonchev–Trinajstić information content (AvgIpc) is 2.00. The number of carbonyl (C=O) groups is 1. The van der Waals surface area contributed by atoms with Crippen LogP contribution in [0, 0.1) is 0 Å². The van der Waals surface area contributed by atoms with E-state index >= 15 is 0 Å². The molecule has 0 rings (SSSR count). The monoisotopic (exact) mass is 157 g/mol. The summed E-state index contributed by atoms with van der Waals surface area (Å²) < 4.78 is 0. The van der Waals surface area contributed by atoms with Crippen molar-refractivity contribution in [2.24, 2.45) is 0 Å². The van der Waals surface area contributed by atoms with Crippen molar-refractivity contribution in [1.82, 2.24) is 4.90 Å². The minimum absolute atomic E-state index is 0.0694. The highest BCUT2D eigenvalue weighted by Gasteiger charge is 2.17. The summed E-state index contributed by atoms with van der Waals surface area (Å²) in [4.78, 5) is 13.3. The lowest BCUT2D eigenvalue weighted by Gasteiger charge is -2.26. The van der Waals surface area contributed by atoms with Crippen molar-refractivity contribution in [3.8, 4) is 0 Å². The van der Waals surface area contributed by atoms with Crippen LogP contribution in [-0.2, 0) is 4.79 Å². The molecule has 0 aromatic heterocycles. The molecular weight excluding hydrogens is 138 g/mol. The van der Waals surface area contributed by atoms with Crippen LogP contribution in [0.2, 0.25) is 0 Å². The van der Waals surface area contributed by atoms with E-state index in [-0.39, 0.29) is 6.04 Å². The Morgan fingerprint density at radius 3 is 2.09 bits per heavy atom. The van der Waals surface area contributed by atoms with Gasteiger partial charge in [-0.2, -0.15) is 0 Å². The normalized spacial score (nSPS) is 14.1. The fourth-order valence-corrected chi connectivity index (χ4v) is 0.970. The molecule has 11 heavy (non-hydrogen) atoms. The summed E-state index contributed by atoms with van der Waals surface area (Å²) in [5.41, 5.74) is 0. The van der Waals surface area contributed by atoms with Gasteiger partial charge in [-0.25, -0.2) is 0 Å². The highest BCUT2D eigenvalue weighted by Crippen LogP contribution is 2.03. The Morgan fingerprint density at radius 1 is 1.36 bits per heavy atom. The third-order valence-electron chi connectivity index (χ3n) is 2.24. The second kappa shape index (κ2) is 4.50. The lowest BCUT2D eigenvalue weighted by molar-refractivity contribution is -0.123. The lowest BCUT2D eigenvalue weighted by atomic mass is 10.1. The van der Waals surface area contributed by atoms with Gasteiger partial charge in [-0.05, 0) is 27.8 Å². The maximum atomic E-state index is 11.2. The van der Waals surface area contributed by atoms with Gasteiger partial charge in [-0.15, -0.1) is 0 Å². The summed E-state index contributed by atoms with van der Waals surface area (Å²) in [6.07, 6.45) is 0.637. The van der Waals surface area contributed by atoms with Gasteiger partial charge < -0.3 is 0 Å². The molecule has 0 unspecified atom stereocenters. The molecule has 0 aliphatic heterocycles. The predicted molar refractivity (Wildman–Crippen MR) is 47.7 cm³/mol. The van der Waals surface area contributed by atoms with Crippen molar-refractivity contribution in [2.45, 2.75) is 46.2 Å². The molecule has 0 heterocycles. The van der Waals surface area contributed by atoms with Crippen molar-refractivity contribution < 1.29 is 4.79 Å². The number of ketones is 1. The second-order valence-corrected chi connectivity index (χ2v) is 3.26. The summed E-state index contributed by atoms with van der Waals surface area (Å²) in [7, 11) is 1.99. The van der Waals surface area contributed by atoms with E-state index in [1.807, 2.05) is 20.9 Å². The Hall–Kier alpha value is -0.370. The average molecular weight is 157 g/mol. The minimum atomic E-state index is 0.0694. The van der Waals surface area contributed by atoms with E-state index in [0.29, 0.717) is 18.2 Å². The Morgan fingerprint density at radius 2 is 1.82 bits per heavy atom. The van der Waals surface area contributed by atoms with Gasteiger partial charge in [0.15, 0.2) is 0 Å². The molecule has 0 N–H and O–H groups in total. The van der Waals surface area contributed by atoms with Crippen molar-refractivity contribution in [1.29, 1.82) is 0 Å². The van der Waals surface area contributed by atoms with Crippen LogP contribution in [0.5, 0.6) is 0 Å². The Bertz CT molecular complexity index is 132. The second-order valence-electron chi connectivity index (χ2n) is 3.26. The number of hydrogen-bond donors (Lipinski definition) is 0. The van der Waals surface area contributed by atoms with E-state index in [1.165, 1.54) is 0 Å². The zero-order chi connectivity index (χ0) is 9.02. The lowest BCUT2D eigenvalue weighted by Crippen LogP contribution is -2.40. The highest BCUT2D eigenvalue weighted by molar-refractivity contribution is 5.83. The smallest absolute Gasteiger partial charge is 0.149 e.